The maximum Gasteiger partial charge on any atom is 0.261 e. The van der Waals surface area contributed by atoms with Crippen LogP contribution in [0.2, 0.25) is 5.02 Å². The third kappa shape index (κ3) is 4.96. The number of nitrogens with zero attached hydrogens (tertiary/aromatic N) is 1. The van der Waals surface area contributed by atoms with E-state index in [1.165, 1.54) is 0 Å². The molecular formula is C24H25ClN2O2. The number of hydrogen-bond donors (Lipinski definition) is 1. The van der Waals surface area contributed by atoms with Crippen molar-refractivity contribution in [2.75, 3.05) is 5.32 Å². The molecule has 29 heavy (non-hydrogen) atoms. The van der Waals surface area contributed by atoms with Crippen molar-refractivity contribution in [3.63, 3.8) is 0 Å². The number of amides is 1. The second kappa shape index (κ2) is 9.10. The molecule has 5 heteroatoms. The number of halogens is 1. The van der Waals surface area contributed by atoms with Gasteiger partial charge in [-0.25, -0.2) is 0 Å². The lowest BCUT2D eigenvalue weighted by atomic mass is 10.0. The lowest BCUT2D eigenvalue weighted by molar-refractivity contribution is 0.102. The highest BCUT2D eigenvalue weighted by atomic mass is 35.5. The fourth-order valence-corrected chi connectivity index (χ4v) is 3.43. The van der Waals surface area contributed by atoms with Gasteiger partial charge in [0.25, 0.3) is 5.91 Å². The largest absolute Gasteiger partial charge is 0.488 e. The van der Waals surface area contributed by atoms with Gasteiger partial charge in [-0.3, -0.25) is 9.78 Å². The van der Waals surface area contributed by atoms with Crippen molar-refractivity contribution in [3.8, 4) is 5.75 Å². The molecule has 4 nitrogen and oxygen atoms in total. The molecule has 0 fully saturated rings. The van der Waals surface area contributed by atoms with E-state index in [4.69, 9.17) is 16.3 Å². The summed E-state index contributed by atoms with van der Waals surface area (Å²) in [4.78, 5) is 17.7. The summed E-state index contributed by atoms with van der Waals surface area (Å²) in [7, 11) is 0. The van der Waals surface area contributed by atoms with E-state index in [9.17, 15) is 4.79 Å². The molecule has 3 rings (SSSR count). The summed E-state index contributed by atoms with van der Waals surface area (Å²) in [6, 6.07) is 15.3. The van der Waals surface area contributed by atoms with Crippen LogP contribution in [0.25, 0.3) is 0 Å². The van der Waals surface area contributed by atoms with Crippen molar-refractivity contribution in [1.82, 2.24) is 4.98 Å². The van der Waals surface area contributed by atoms with Gasteiger partial charge in [0, 0.05) is 22.5 Å². The van der Waals surface area contributed by atoms with Gasteiger partial charge in [0.1, 0.15) is 17.9 Å². The van der Waals surface area contributed by atoms with Crippen LogP contribution in [0.4, 0.5) is 5.69 Å². The van der Waals surface area contributed by atoms with Gasteiger partial charge in [-0.05, 0) is 56.0 Å². The predicted octanol–water partition coefficient (Wildman–Crippen LogP) is 6.05. The molecule has 1 N–H and O–H groups in total. The average molecular weight is 409 g/mol. The van der Waals surface area contributed by atoms with Gasteiger partial charge in [0.2, 0.25) is 0 Å². The van der Waals surface area contributed by atoms with Gasteiger partial charge in [-0.1, -0.05) is 48.9 Å². The first-order valence-corrected chi connectivity index (χ1v) is 10.0. The topological polar surface area (TPSA) is 51.2 Å². The van der Waals surface area contributed by atoms with E-state index in [-0.39, 0.29) is 5.91 Å². The maximum absolute atomic E-state index is 13.2. The SMILES string of the molecule is CCc1cccc(C)c1NC(=O)c1c(OCc2ccc(Cl)cc2)cc(C)nc1C. The van der Waals surface area contributed by atoms with Gasteiger partial charge in [-0.2, -0.15) is 0 Å². The number of benzene rings is 2. The maximum atomic E-state index is 13.2. The number of rotatable bonds is 6. The molecule has 0 aliphatic carbocycles. The molecule has 0 aliphatic heterocycles. The fraction of sp³-hybridized carbons (Fsp3) is 0.250. The number of carbonyl (C=O) groups is 1. The van der Waals surface area contributed by atoms with Crippen molar-refractivity contribution in [1.29, 1.82) is 0 Å². The van der Waals surface area contributed by atoms with E-state index in [1.807, 2.05) is 63.2 Å². The quantitative estimate of drug-likeness (QED) is 0.539. The third-order valence-electron chi connectivity index (χ3n) is 4.81. The number of aryl methyl sites for hydroxylation is 4. The van der Waals surface area contributed by atoms with Gasteiger partial charge in [0.15, 0.2) is 0 Å². The highest BCUT2D eigenvalue weighted by Crippen LogP contribution is 2.27. The van der Waals surface area contributed by atoms with Crippen molar-refractivity contribution in [2.45, 2.75) is 40.7 Å². The highest BCUT2D eigenvalue weighted by molar-refractivity contribution is 6.30. The molecule has 2 aromatic carbocycles. The normalized spacial score (nSPS) is 10.7. The minimum atomic E-state index is -0.217. The Balaban J connectivity index is 1.90. The van der Waals surface area contributed by atoms with Crippen molar-refractivity contribution in [3.05, 3.63) is 87.2 Å². The first-order chi connectivity index (χ1) is 13.9. The summed E-state index contributed by atoms with van der Waals surface area (Å²) < 4.78 is 6.03. The molecule has 0 radical (unpaired) electrons. The predicted molar refractivity (Wildman–Crippen MR) is 118 cm³/mol. The van der Waals surface area contributed by atoms with Gasteiger partial charge < -0.3 is 10.1 Å². The van der Waals surface area contributed by atoms with Crippen LogP contribution in [0.3, 0.4) is 0 Å². The Labute approximate surface area is 176 Å². The van der Waals surface area contributed by atoms with Crippen LogP contribution in [-0.4, -0.2) is 10.9 Å². The second-order valence-corrected chi connectivity index (χ2v) is 7.49. The number of nitrogens with one attached hydrogen (secondary N) is 1. The molecule has 0 bridgehead atoms. The molecule has 0 unspecified atom stereocenters. The minimum Gasteiger partial charge on any atom is -0.488 e. The molecule has 1 aromatic heterocycles. The smallest absolute Gasteiger partial charge is 0.261 e. The number of ether oxygens (including phenoxy) is 1. The van der Waals surface area contributed by atoms with Crippen molar-refractivity contribution < 1.29 is 9.53 Å². The van der Waals surface area contributed by atoms with Crippen LogP contribution in [0.1, 0.15) is 45.4 Å². The minimum absolute atomic E-state index is 0.217. The zero-order valence-corrected chi connectivity index (χ0v) is 17.9. The summed E-state index contributed by atoms with van der Waals surface area (Å²) in [6.07, 6.45) is 0.836. The number of para-hydroxylation sites is 1. The molecule has 0 saturated heterocycles. The monoisotopic (exact) mass is 408 g/mol. The number of hydrogen-bond acceptors (Lipinski definition) is 3. The first-order valence-electron chi connectivity index (χ1n) is 9.64. The standard InChI is InChI=1S/C24H25ClN2O2/c1-5-19-8-6-7-15(2)23(19)27-24(28)22-17(4)26-16(3)13-21(22)29-14-18-9-11-20(25)12-10-18/h6-13H,5,14H2,1-4H3,(H,27,28). The highest BCUT2D eigenvalue weighted by Gasteiger charge is 2.19. The van der Waals surface area contributed by atoms with Crippen LogP contribution in [-0.2, 0) is 13.0 Å². The fourth-order valence-electron chi connectivity index (χ4n) is 3.30. The lowest BCUT2D eigenvalue weighted by Crippen LogP contribution is -2.18. The summed E-state index contributed by atoms with van der Waals surface area (Å²) in [5, 5.41) is 3.75. The summed E-state index contributed by atoms with van der Waals surface area (Å²) >= 11 is 5.95. The van der Waals surface area contributed by atoms with Gasteiger partial charge in [0.05, 0.1) is 5.69 Å². The van der Waals surface area contributed by atoms with Crippen molar-refractivity contribution in [2.24, 2.45) is 0 Å². The zero-order chi connectivity index (χ0) is 21.0. The van der Waals surface area contributed by atoms with Crippen LogP contribution >= 0.6 is 11.6 Å². The van der Waals surface area contributed by atoms with Crippen LogP contribution in [0.5, 0.6) is 5.75 Å². The first kappa shape index (κ1) is 20.9. The lowest BCUT2D eigenvalue weighted by Gasteiger charge is -2.17. The summed E-state index contributed by atoms with van der Waals surface area (Å²) in [5.41, 5.74) is 5.84. The second-order valence-electron chi connectivity index (χ2n) is 7.05. The number of pyridine rings is 1. The van der Waals surface area contributed by atoms with Crippen molar-refractivity contribution >= 4 is 23.2 Å². The Morgan fingerprint density at radius 2 is 1.83 bits per heavy atom. The molecule has 3 aromatic rings. The summed E-state index contributed by atoms with van der Waals surface area (Å²) in [5.74, 6) is 0.305. The van der Waals surface area contributed by atoms with E-state index >= 15 is 0 Å². The van der Waals surface area contributed by atoms with Gasteiger partial charge >= 0.3 is 0 Å². The summed E-state index contributed by atoms with van der Waals surface area (Å²) in [6.45, 7) is 8.12. The zero-order valence-electron chi connectivity index (χ0n) is 17.2. The van der Waals surface area contributed by atoms with E-state index in [1.54, 1.807) is 6.07 Å². The molecule has 0 aliphatic rings. The van der Waals surface area contributed by atoms with Crippen LogP contribution in [0, 0.1) is 20.8 Å². The Morgan fingerprint density at radius 3 is 2.52 bits per heavy atom. The Morgan fingerprint density at radius 1 is 1.10 bits per heavy atom. The Bertz CT molecular complexity index is 1030. The van der Waals surface area contributed by atoms with Gasteiger partial charge in [-0.15, -0.1) is 0 Å². The molecule has 150 valence electrons. The molecule has 1 amide bonds. The number of anilines is 1. The molecular weight excluding hydrogens is 384 g/mol. The Hall–Kier alpha value is -2.85. The van der Waals surface area contributed by atoms with Crippen LogP contribution in [0.15, 0.2) is 48.5 Å². The van der Waals surface area contributed by atoms with E-state index < -0.39 is 0 Å². The van der Waals surface area contributed by atoms with E-state index in [0.29, 0.717) is 28.6 Å². The Kier molecular flexibility index (Phi) is 6.55. The number of aromatic nitrogens is 1. The molecule has 0 saturated carbocycles. The van der Waals surface area contributed by atoms with E-state index in [0.717, 1.165) is 34.5 Å². The number of carbonyl (C=O) groups excluding carboxylic acids is 1. The van der Waals surface area contributed by atoms with Crippen LogP contribution < -0.4 is 10.1 Å². The third-order valence-corrected chi connectivity index (χ3v) is 5.06. The molecule has 0 spiro atoms. The molecule has 1 heterocycles. The van der Waals surface area contributed by atoms with E-state index in [2.05, 4.69) is 17.2 Å². The molecule has 0 atom stereocenters. The average Bonchev–Trinajstić information content (AvgIpc) is 2.68.